The van der Waals surface area contributed by atoms with Crippen LogP contribution in [0, 0.1) is 23.7 Å². The van der Waals surface area contributed by atoms with Gasteiger partial charge in [-0.3, -0.25) is 23.9 Å². The number of halogens is 3. The van der Waals surface area contributed by atoms with Crippen LogP contribution in [0.15, 0.2) is 67.0 Å². The van der Waals surface area contributed by atoms with E-state index in [2.05, 4.69) is 5.10 Å². The summed E-state index contributed by atoms with van der Waals surface area (Å²) < 4.78 is 64.9. The Morgan fingerprint density at radius 2 is 0.795 bits per heavy atom. The van der Waals surface area contributed by atoms with E-state index in [4.69, 9.17) is 18.9 Å². The number of esters is 4. The standard InChI is InChI=1S/C57H79F3N6O12/c1-33(2)24-43-53(71)75-38(10)50(68)63(12)46(27-36(7)8)56(74)78-48(29-40-20-22-41(23-21-40)31-66-32-42(30-61-66)57(58,59)60)52(70)65(14)44(25-34(3)4)54(72)76-37(9)49(67)62(11)45(26-35(5)6)55(73)77-47(51(69)64(43)13)28-39-18-16-15-17-19-39/h15-23,30,32-38,43-48H,24-29,31H2,1-14H3/t37-,38-,43+,44+,45+,46+,47-,48-/m1/s1. The minimum Gasteiger partial charge on any atom is -0.451 e. The molecule has 8 atom stereocenters. The molecule has 0 spiro atoms. The normalized spacial score (nSPS) is 23.8. The molecule has 0 unspecified atom stereocenters. The Bertz CT molecular complexity index is 2520. The quantitative estimate of drug-likeness (QED) is 0.119. The number of hydrogen-bond donors (Lipinski definition) is 0. The lowest BCUT2D eigenvalue weighted by Gasteiger charge is -2.35. The highest BCUT2D eigenvalue weighted by molar-refractivity contribution is 5.94. The van der Waals surface area contributed by atoms with Crippen molar-refractivity contribution in [1.82, 2.24) is 29.4 Å². The average Bonchev–Trinajstić information content (AvgIpc) is 3.85. The molecule has 1 fully saturated rings. The number of carbonyl (C=O) groups excluding carboxylic acids is 8. The second kappa shape index (κ2) is 28.2. The van der Waals surface area contributed by atoms with Crippen molar-refractivity contribution in [3.63, 3.8) is 0 Å². The zero-order valence-electron chi connectivity index (χ0n) is 47.4. The van der Waals surface area contributed by atoms with Gasteiger partial charge in [0.15, 0.2) is 24.4 Å². The van der Waals surface area contributed by atoms with Crippen LogP contribution >= 0.6 is 0 Å². The van der Waals surface area contributed by atoms with Crippen molar-refractivity contribution in [3.05, 3.63) is 89.2 Å². The van der Waals surface area contributed by atoms with Crippen LogP contribution in [-0.4, -0.2) is 154 Å². The van der Waals surface area contributed by atoms with E-state index in [0.29, 0.717) is 16.7 Å². The van der Waals surface area contributed by atoms with Crippen LogP contribution in [0.25, 0.3) is 0 Å². The van der Waals surface area contributed by atoms with Gasteiger partial charge in [0.25, 0.3) is 23.6 Å². The Morgan fingerprint density at radius 1 is 0.474 bits per heavy atom. The predicted molar refractivity (Wildman–Crippen MR) is 282 cm³/mol. The van der Waals surface area contributed by atoms with E-state index in [1.165, 1.54) is 42.0 Å². The number of nitrogens with zero attached hydrogens (tertiary/aromatic N) is 6. The van der Waals surface area contributed by atoms with Gasteiger partial charge in [0.05, 0.1) is 18.3 Å². The molecule has 0 aliphatic carbocycles. The van der Waals surface area contributed by atoms with Crippen LogP contribution < -0.4 is 0 Å². The minimum atomic E-state index is -4.59. The maximum atomic E-state index is 14.9. The second-order valence-electron chi connectivity index (χ2n) is 22.0. The molecule has 1 saturated heterocycles. The van der Waals surface area contributed by atoms with E-state index in [1.54, 1.807) is 82.3 Å². The number of rotatable bonds is 14. The number of likely N-dealkylation sites (N-methyl/N-ethyl adjacent to an activating group) is 4. The fourth-order valence-electron chi connectivity index (χ4n) is 9.09. The number of cyclic esters (lactones) is 4. The molecule has 0 radical (unpaired) electrons. The minimum absolute atomic E-state index is 0.0199. The Labute approximate surface area is 456 Å². The third-order valence-corrected chi connectivity index (χ3v) is 13.5. The van der Waals surface area contributed by atoms with Gasteiger partial charge in [0.1, 0.15) is 24.2 Å². The maximum absolute atomic E-state index is 14.9. The van der Waals surface area contributed by atoms with Crippen LogP contribution in [0.4, 0.5) is 13.2 Å². The van der Waals surface area contributed by atoms with Gasteiger partial charge in [-0.05, 0) is 79.9 Å². The summed E-state index contributed by atoms with van der Waals surface area (Å²) in [5, 5.41) is 3.82. The molecule has 4 amide bonds. The first-order valence-electron chi connectivity index (χ1n) is 26.5. The lowest BCUT2D eigenvalue weighted by atomic mass is 9.99. The number of benzene rings is 2. The summed E-state index contributed by atoms with van der Waals surface area (Å²) in [5.74, 6) is -7.97. The van der Waals surface area contributed by atoms with Crippen molar-refractivity contribution in [1.29, 1.82) is 0 Å². The lowest BCUT2D eigenvalue weighted by molar-refractivity contribution is -0.176. The van der Waals surface area contributed by atoms with Gasteiger partial charge in [0.2, 0.25) is 0 Å². The molecule has 1 aromatic heterocycles. The molecule has 4 rings (SSSR count). The first-order valence-corrected chi connectivity index (χ1v) is 26.5. The summed E-state index contributed by atoms with van der Waals surface area (Å²) in [6.07, 6.45) is -9.44. The van der Waals surface area contributed by atoms with E-state index in [9.17, 15) is 51.5 Å². The zero-order chi connectivity index (χ0) is 58.5. The van der Waals surface area contributed by atoms with E-state index in [1.807, 2.05) is 27.7 Å². The molecule has 0 saturated carbocycles. The maximum Gasteiger partial charge on any atom is 0.419 e. The Morgan fingerprint density at radius 3 is 1.13 bits per heavy atom. The summed E-state index contributed by atoms with van der Waals surface area (Å²) in [7, 11) is 5.37. The number of hydrogen-bond acceptors (Lipinski definition) is 13. The van der Waals surface area contributed by atoms with Crippen molar-refractivity contribution in [2.45, 2.75) is 169 Å². The smallest absolute Gasteiger partial charge is 0.419 e. The van der Waals surface area contributed by atoms with E-state index < -0.39 is 108 Å². The third-order valence-electron chi connectivity index (χ3n) is 13.5. The fourth-order valence-corrected chi connectivity index (χ4v) is 9.09. The van der Waals surface area contributed by atoms with Crippen molar-refractivity contribution >= 4 is 47.5 Å². The summed E-state index contributed by atoms with van der Waals surface area (Å²) >= 11 is 0. The summed E-state index contributed by atoms with van der Waals surface area (Å²) in [6.45, 7) is 17.1. The van der Waals surface area contributed by atoms with Crippen LogP contribution in [0.5, 0.6) is 0 Å². The average molecular weight is 1100 g/mol. The van der Waals surface area contributed by atoms with Crippen LogP contribution in [0.2, 0.25) is 0 Å². The molecule has 21 heteroatoms. The van der Waals surface area contributed by atoms with Crippen LogP contribution in [-0.2, 0) is 82.9 Å². The fraction of sp³-hybridized carbons (Fsp3) is 0.596. The summed E-state index contributed by atoms with van der Waals surface area (Å²) in [4.78, 5) is 120. The van der Waals surface area contributed by atoms with E-state index in [-0.39, 0.29) is 68.7 Å². The monoisotopic (exact) mass is 1100 g/mol. The number of alkyl halides is 3. The molecule has 1 aliphatic rings. The molecule has 1 aliphatic heterocycles. The van der Waals surface area contributed by atoms with Gasteiger partial charge < -0.3 is 38.5 Å². The first-order chi connectivity index (χ1) is 36.4. The molecule has 78 heavy (non-hydrogen) atoms. The number of amides is 4. The number of aromatic nitrogens is 2. The molecule has 3 aromatic rings. The second-order valence-corrected chi connectivity index (χ2v) is 22.0. The Kier molecular flexibility index (Phi) is 23.0. The highest BCUT2D eigenvalue weighted by atomic mass is 19.4. The Balaban J connectivity index is 1.85. The van der Waals surface area contributed by atoms with Gasteiger partial charge in [-0.25, -0.2) is 19.2 Å². The first kappa shape index (κ1) is 63.7. The molecule has 2 heterocycles. The van der Waals surface area contributed by atoms with Gasteiger partial charge in [-0.1, -0.05) is 110 Å². The third kappa shape index (κ3) is 17.9. The molecule has 0 bridgehead atoms. The number of ether oxygens (including phenoxy) is 4. The van der Waals surface area contributed by atoms with Crippen molar-refractivity contribution in [3.8, 4) is 0 Å². The molecular formula is C57H79F3N6O12. The molecule has 0 N–H and O–H groups in total. The molecule has 430 valence electrons. The topological polar surface area (TPSA) is 204 Å². The SMILES string of the molecule is CC(C)C[C@H]1C(=O)O[C@H](Cc2ccc(Cn3cc(C(F)(F)F)cn3)cc2)C(=O)N(C)[C@@H](CC(C)C)C(=O)O[C@H](C)C(=O)N(C)[C@@H](CC(C)C)C(=O)O[C@H](Cc2ccccc2)C(=O)N(C)[C@@H](CC(C)C)C(=O)O[C@H](C)C(=O)N1C. The van der Waals surface area contributed by atoms with Crippen molar-refractivity contribution in [2.24, 2.45) is 23.7 Å². The van der Waals surface area contributed by atoms with Crippen molar-refractivity contribution < 1.29 is 70.5 Å². The van der Waals surface area contributed by atoms with Crippen LogP contribution in [0.3, 0.4) is 0 Å². The largest absolute Gasteiger partial charge is 0.451 e. The lowest BCUT2D eigenvalue weighted by Crippen LogP contribution is -2.55. The molecule has 18 nitrogen and oxygen atoms in total. The highest BCUT2D eigenvalue weighted by Gasteiger charge is 2.43. The molecular weight excluding hydrogens is 1020 g/mol. The van der Waals surface area contributed by atoms with Crippen molar-refractivity contribution in [2.75, 3.05) is 28.2 Å². The van der Waals surface area contributed by atoms with E-state index >= 15 is 0 Å². The number of carbonyl (C=O) groups is 8. The Hall–Kier alpha value is -6.80. The summed E-state index contributed by atoms with van der Waals surface area (Å²) in [6, 6.07) is 9.86. The van der Waals surface area contributed by atoms with Gasteiger partial charge >= 0.3 is 30.1 Å². The molecule has 2 aromatic carbocycles. The van der Waals surface area contributed by atoms with Gasteiger partial charge in [-0.2, -0.15) is 18.3 Å². The predicted octanol–water partition coefficient (Wildman–Crippen LogP) is 6.93. The zero-order valence-corrected chi connectivity index (χ0v) is 47.4. The summed E-state index contributed by atoms with van der Waals surface area (Å²) in [5.41, 5.74) is 0.700. The van der Waals surface area contributed by atoms with Gasteiger partial charge in [0, 0.05) is 47.2 Å². The van der Waals surface area contributed by atoms with Gasteiger partial charge in [-0.15, -0.1) is 0 Å². The van der Waals surface area contributed by atoms with E-state index in [0.717, 1.165) is 36.7 Å². The van der Waals surface area contributed by atoms with Crippen LogP contribution in [0.1, 0.15) is 117 Å². The highest BCUT2D eigenvalue weighted by Crippen LogP contribution is 2.29.